The van der Waals surface area contributed by atoms with Crippen LogP contribution in [-0.4, -0.2) is 9.97 Å². The number of anilines is 2. The molecular formula is C15H16N4O. The van der Waals surface area contributed by atoms with Gasteiger partial charge >= 0.3 is 0 Å². The van der Waals surface area contributed by atoms with Crippen LogP contribution in [0, 0.1) is 0 Å². The maximum Gasteiger partial charge on any atom is 0.213 e. The van der Waals surface area contributed by atoms with Crippen molar-refractivity contribution in [2.45, 2.75) is 19.9 Å². The largest absolute Gasteiger partial charge is 0.444 e. The summed E-state index contributed by atoms with van der Waals surface area (Å²) in [4.78, 5) is 8.30. The number of fused-ring (bicyclic) bond motifs is 1. The van der Waals surface area contributed by atoms with E-state index in [4.69, 9.17) is 10.2 Å². The van der Waals surface area contributed by atoms with Crippen molar-refractivity contribution in [3.05, 3.63) is 48.4 Å². The summed E-state index contributed by atoms with van der Waals surface area (Å²) in [6.45, 7) is 2.55. The van der Waals surface area contributed by atoms with Crippen molar-refractivity contribution in [2.24, 2.45) is 0 Å². The molecule has 0 unspecified atom stereocenters. The Labute approximate surface area is 116 Å². The molecule has 0 saturated heterocycles. The monoisotopic (exact) mass is 268 g/mol. The molecule has 1 aromatic carbocycles. The summed E-state index contributed by atoms with van der Waals surface area (Å²) in [6.07, 6.45) is 6.14. The van der Waals surface area contributed by atoms with Crippen molar-refractivity contribution in [1.29, 1.82) is 0 Å². The molecule has 3 aromatic rings. The first-order chi connectivity index (χ1) is 9.78. The highest BCUT2D eigenvalue weighted by molar-refractivity contribution is 5.98. The molecule has 5 heteroatoms. The van der Waals surface area contributed by atoms with Crippen LogP contribution in [0.3, 0.4) is 0 Å². The molecule has 0 atom stereocenters. The maximum absolute atomic E-state index is 6.17. The van der Waals surface area contributed by atoms with E-state index in [1.54, 1.807) is 18.6 Å². The zero-order chi connectivity index (χ0) is 13.9. The Morgan fingerprint density at radius 1 is 1.25 bits per heavy atom. The van der Waals surface area contributed by atoms with Gasteiger partial charge in [-0.2, -0.15) is 0 Å². The SMILES string of the molecule is CCc1cnc(CNc2ccc3cnccc3c2N)o1. The molecule has 0 saturated carbocycles. The van der Waals surface area contributed by atoms with Crippen LogP contribution in [0.2, 0.25) is 0 Å². The Morgan fingerprint density at radius 3 is 2.95 bits per heavy atom. The number of aryl methyl sites for hydroxylation is 1. The average Bonchev–Trinajstić information content (AvgIpc) is 2.95. The van der Waals surface area contributed by atoms with E-state index in [1.165, 1.54) is 0 Å². The summed E-state index contributed by atoms with van der Waals surface area (Å²) in [5, 5.41) is 5.28. The number of aromatic nitrogens is 2. The average molecular weight is 268 g/mol. The lowest BCUT2D eigenvalue weighted by atomic mass is 10.1. The third kappa shape index (κ3) is 2.30. The highest BCUT2D eigenvalue weighted by atomic mass is 16.4. The summed E-state index contributed by atoms with van der Waals surface area (Å²) in [6, 6.07) is 5.85. The third-order valence-corrected chi connectivity index (χ3v) is 3.24. The Bertz CT molecular complexity index is 736. The van der Waals surface area contributed by atoms with Crippen LogP contribution in [-0.2, 0) is 13.0 Å². The minimum Gasteiger partial charge on any atom is -0.444 e. The molecule has 0 aliphatic heterocycles. The number of nitrogens with one attached hydrogen (secondary N) is 1. The molecule has 0 bridgehead atoms. The maximum atomic E-state index is 6.17. The van der Waals surface area contributed by atoms with E-state index in [2.05, 4.69) is 15.3 Å². The Hall–Kier alpha value is -2.56. The molecule has 102 valence electrons. The predicted molar refractivity (Wildman–Crippen MR) is 79.4 cm³/mol. The number of nitrogens with two attached hydrogens (primary N) is 1. The number of nitrogens with zero attached hydrogens (tertiary/aromatic N) is 2. The number of hydrogen-bond donors (Lipinski definition) is 2. The fraction of sp³-hybridized carbons (Fsp3) is 0.200. The minimum absolute atomic E-state index is 0.515. The molecule has 20 heavy (non-hydrogen) atoms. The van der Waals surface area contributed by atoms with Crippen LogP contribution in [0.5, 0.6) is 0 Å². The number of benzene rings is 1. The Balaban J connectivity index is 1.82. The zero-order valence-corrected chi connectivity index (χ0v) is 11.3. The Kier molecular flexibility index (Phi) is 3.25. The minimum atomic E-state index is 0.515. The lowest BCUT2D eigenvalue weighted by Crippen LogP contribution is -2.03. The van der Waals surface area contributed by atoms with Gasteiger partial charge in [0.15, 0.2) is 0 Å². The lowest BCUT2D eigenvalue weighted by Gasteiger charge is -2.10. The van der Waals surface area contributed by atoms with Crippen molar-refractivity contribution >= 4 is 22.1 Å². The first kappa shape index (κ1) is 12.5. The van der Waals surface area contributed by atoms with Crippen molar-refractivity contribution in [3.63, 3.8) is 0 Å². The number of rotatable bonds is 4. The van der Waals surface area contributed by atoms with Crippen LogP contribution in [0.15, 0.2) is 41.2 Å². The molecule has 3 N–H and O–H groups in total. The van der Waals surface area contributed by atoms with Crippen LogP contribution < -0.4 is 11.1 Å². The van der Waals surface area contributed by atoms with Crippen molar-refractivity contribution in [3.8, 4) is 0 Å². The molecular weight excluding hydrogens is 252 g/mol. The molecule has 3 rings (SSSR count). The smallest absolute Gasteiger partial charge is 0.213 e. The molecule has 2 heterocycles. The normalized spacial score (nSPS) is 10.8. The molecule has 2 aromatic heterocycles. The molecule has 5 nitrogen and oxygen atoms in total. The summed E-state index contributed by atoms with van der Waals surface area (Å²) < 4.78 is 5.56. The van der Waals surface area contributed by atoms with E-state index in [1.807, 2.05) is 25.1 Å². The van der Waals surface area contributed by atoms with Gasteiger partial charge in [-0.3, -0.25) is 4.98 Å². The first-order valence-electron chi connectivity index (χ1n) is 6.57. The number of hydrogen-bond acceptors (Lipinski definition) is 5. The molecule has 0 spiro atoms. The second kappa shape index (κ2) is 5.21. The van der Waals surface area contributed by atoms with Gasteiger partial charge in [0.2, 0.25) is 5.89 Å². The van der Waals surface area contributed by atoms with Crippen LogP contribution in [0.1, 0.15) is 18.6 Å². The van der Waals surface area contributed by atoms with Crippen LogP contribution >= 0.6 is 0 Å². The van der Waals surface area contributed by atoms with E-state index >= 15 is 0 Å². The van der Waals surface area contributed by atoms with Crippen molar-refractivity contribution < 1.29 is 4.42 Å². The highest BCUT2D eigenvalue weighted by Crippen LogP contribution is 2.28. The summed E-state index contributed by atoms with van der Waals surface area (Å²) in [5.41, 5.74) is 7.76. The van der Waals surface area contributed by atoms with Gasteiger partial charge < -0.3 is 15.5 Å². The lowest BCUT2D eigenvalue weighted by molar-refractivity contribution is 0.466. The van der Waals surface area contributed by atoms with Gasteiger partial charge in [0.05, 0.1) is 24.1 Å². The Morgan fingerprint density at radius 2 is 2.15 bits per heavy atom. The van der Waals surface area contributed by atoms with Crippen molar-refractivity contribution in [1.82, 2.24) is 9.97 Å². The standard InChI is InChI=1S/C15H16N4O/c1-2-11-8-19-14(20-11)9-18-13-4-3-10-7-17-6-5-12(10)15(13)16/h3-8,18H,2,9,16H2,1H3. The van der Waals surface area contributed by atoms with Gasteiger partial charge in [-0.05, 0) is 12.1 Å². The molecule has 0 amide bonds. The van der Waals surface area contributed by atoms with Gasteiger partial charge in [-0.1, -0.05) is 13.0 Å². The number of nitrogen functional groups attached to an aromatic ring is 1. The second-order valence-electron chi connectivity index (χ2n) is 4.55. The van der Waals surface area contributed by atoms with Gasteiger partial charge in [0, 0.05) is 29.6 Å². The summed E-state index contributed by atoms with van der Waals surface area (Å²) in [5.74, 6) is 1.55. The van der Waals surface area contributed by atoms with Gasteiger partial charge in [-0.15, -0.1) is 0 Å². The molecule has 0 aliphatic rings. The number of oxazole rings is 1. The van der Waals surface area contributed by atoms with Crippen LogP contribution in [0.4, 0.5) is 11.4 Å². The summed E-state index contributed by atoms with van der Waals surface area (Å²) >= 11 is 0. The quantitative estimate of drug-likeness (QED) is 0.711. The van der Waals surface area contributed by atoms with Gasteiger partial charge in [-0.25, -0.2) is 4.98 Å². The second-order valence-corrected chi connectivity index (χ2v) is 4.55. The topological polar surface area (TPSA) is 77.0 Å². The highest BCUT2D eigenvalue weighted by Gasteiger charge is 2.06. The van der Waals surface area contributed by atoms with Gasteiger partial charge in [0.25, 0.3) is 0 Å². The van der Waals surface area contributed by atoms with E-state index in [0.29, 0.717) is 18.1 Å². The molecule has 0 radical (unpaired) electrons. The van der Waals surface area contributed by atoms with Gasteiger partial charge in [0.1, 0.15) is 5.76 Å². The van der Waals surface area contributed by atoms with E-state index < -0.39 is 0 Å². The van der Waals surface area contributed by atoms with Crippen molar-refractivity contribution in [2.75, 3.05) is 11.1 Å². The number of pyridine rings is 1. The van der Waals surface area contributed by atoms with Crippen LogP contribution in [0.25, 0.3) is 10.8 Å². The molecule has 0 fully saturated rings. The summed E-state index contributed by atoms with van der Waals surface area (Å²) in [7, 11) is 0. The third-order valence-electron chi connectivity index (χ3n) is 3.24. The first-order valence-corrected chi connectivity index (χ1v) is 6.57. The zero-order valence-electron chi connectivity index (χ0n) is 11.3. The predicted octanol–water partition coefficient (Wildman–Crippen LogP) is 2.98. The fourth-order valence-corrected chi connectivity index (χ4v) is 2.11. The van der Waals surface area contributed by atoms with E-state index in [-0.39, 0.29) is 0 Å². The van der Waals surface area contributed by atoms with E-state index in [9.17, 15) is 0 Å². The fourth-order valence-electron chi connectivity index (χ4n) is 2.11. The van der Waals surface area contributed by atoms with E-state index in [0.717, 1.165) is 28.6 Å². The molecule has 0 aliphatic carbocycles.